The minimum Gasteiger partial charge on any atom is -0.259 e. The van der Waals surface area contributed by atoms with Gasteiger partial charge < -0.3 is 0 Å². The van der Waals surface area contributed by atoms with Crippen molar-refractivity contribution in [1.82, 2.24) is 0 Å². The van der Waals surface area contributed by atoms with Crippen molar-refractivity contribution >= 4 is 10.1 Å². The maximum absolute atomic E-state index is 11.8. The Morgan fingerprint density at radius 1 is 1.55 bits per heavy atom. The standard InChI is InChI=1S/C4H5F3O3S/c1-3(5)11(8,9)10-2-4(6)7/h4H,1-2H2. The fourth-order valence-corrected chi connectivity index (χ4v) is 0.615. The molecule has 0 bridgehead atoms. The van der Waals surface area contributed by atoms with Crippen LogP contribution in [0.3, 0.4) is 0 Å². The molecule has 0 radical (unpaired) electrons. The van der Waals surface area contributed by atoms with Gasteiger partial charge in [0.15, 0.2) is 0 Å². The smallest absolute Gasteiger partial charge is 0.259 e. The second kappa shape index (κ2) is 3.72. The Bertz CT molecular complexity index is 233. The highest BCUT2D eigenvalue weighted by molar-refractivity contribution is 7.90. The third kappa shape index (κ3) is 3.99. The first-order valence-corrected chi connectivity index (χ1v) is 3.79. The van der Waals surface area contributed by atoms with Crippen molar-refractivity contribution in [3.8, 4) is 0 Å². The Hall–Kier alpha value is -0.560. The average Bonchev–Trinajstić information content (AvgIpc) is 1.84. The van der Waals surface area contributed by atoms with Gasteiger partial charge in [0.25, 0.3) is 6.43 Å². The first-order chi connectivity index (χ1) is 4.86. The topological polar surface area (TPSA) is 43.4 Å². The number of hydrogen-bond acceptors (Lipinski definition) is 3. The van der Waals surface area contributed by atoms with Gasteiger partial charge >= 0.3 is 10.1 Å². The van der Waals surface area contributed by atoms with E-state index in [-0.39, 0.29) is 0 Å². The Balaban J connectivity index is 4.06. The zero-order valence-electron chi connectivity index (χ0n) is 5.26. The van der Waals surface area contributed by atoms with E-state index in [4.69, 9.17) is 0 Å². The van der Waals surface area contributed by atoms with Crippen LogP contribution < -0.4 is 0 Å². The van der Waals surface area contributed by atoms with Crippen LogP contribution in [-0.4, -0.2) is 21.5 Å². The van der Waals surface area contributed by atoms with Crippen molar-refractivity contribution in [2.24, 2.45) is 0 Å². The summed E-state index contributed by atoms with van der Waals surface area (Å²) in [6.45, 7) is 1.02. The molecule has 0 aromatic rings. The molecule has 0 heterocycles. The summed E-state index contributed by atoms with van der Waals surface area (Å²) in [5.74, 6) is 0. The van der Waals surface area contributed by atoms with Gasteiger partial charge in [0.05, 0.1) is 0 Å². The highest BCUT2D eigenvalue weighted by Crippen LogP contribution is 2.08. The first kappa shape index (κ1) is 10.4. The van der Waals surface area contributed by atoms with E-state index in [0.717, 1.165) is 0 Å². The molecular formula is C4H5F3O3S. The largest absolute Gasteiger partial charge is 0.323 e. The normalized spacial score (nSPS) is 12.0. The van der Waals surface area contributed by atoms with Crippen LogP contribution in [-0.2, 0) is 14.3 Å². The van der Waals surface area contributed by atoms with Gasteiger partial charge in [0, 0.05) is 0 Å². The lowest BCUT2D eigenvalue weighted by atomic mass is 10.8. The van der Waals surface area contributed by atoms with Gasteiger partial charge in [-0.25, -0.2) is 8.78 Å². The summed E-state index contributed by atoms with van der Waals surface area (Å²) in [6, 6.07) is 0. The average molecular weight is 190 g/mol. The van der Waals surface area contributed by atoms with Crippen molar-refractivity contribution in [2.45, 2.75) is 6.43 Å². The molecule has 0 saturated carbocycles. The molecule has 0 N–H and O–H groups in total. The molecule has 0 aromatic carbocycles. The van der Waals surface area contributed by atoms with E-state index in [2.05, 4.69) is 10.8 Å². The number of alkyl halides is 2. The molecule has 7 heteroatoms. The molecule has 0 aliphatic carbocycles. The minimum absolute atomic E-state index is 1.36. The van der Waals surface area contributed by atoms with Crippen LogP contribution in [0.2, 0.25) is 0 Å². The first-order valence-electron chi connectivity index (χ1n) is 2.38. The summed E-state index contributed by atoms with van der Waals surface area (Å²) < 4.78 is 58.3. The molecule has 0 aliphatic heterocycles. The molecule has 11 heavy (non-hydrogen) atoms. The van der Waals surface area contributed by atoms with Crippen LogP contribution >= 0.6 is 0 Å². The van der Waals surface area contributed by atoms with Gasteiger partial charge in [0.2, 0.25) is 5.16 Å². The summed E-state index contributed by atoms with van der Waals surface area (Å²) in [5.41, 5.74) is 0. The van der Waals surface area contributed by atoms with E-state index in [1.165, 1.54) is 0 Å². The zero-order valence-corrected chi connectivity index (χ0v) is 6.07. The molecular weight excluding hydrogens is 185 g/mol. The van der Waals surface area contributed by atoms with Gasteiger partial charge in [-0.2, -0.15) is 12.8 Å². The van der Waals surface area contributed by atoms with Crippen LogP contribution in [0.15, 0.2) is 11.7 Å². The van der Waals surface area contributed by atoms with Crippen LogP contribution in [0.4, 0.5) is 13.2 Å². The van der Waals surface area contributed by atoms with Gasteiger partial charge in [-0.1, -0.05) is 0 Å². The summed E-state index contributed by atoms with van der Waals surface area (Å²) in [7, 11) is -4.63. The monoisotopic (exact) mass is 190 g/mol. The van der Waals surface area contributed by atoms with E-state index >= 15 is 0 Å². The van der Waals surface area contributed by atoms with Crippen LogP contribution in [0, 0.1) is 0 Å². The lowest BCUT2D eigenvalue weighted by Gasteiger charge is -2.00. The van der Waals surface area contributed by atoms with Crippen molar-refractivity contribution in [3.05, 3.63) is 11.7 Å². The maximum Gasteiger partial charge on any atom is 0.323 e. The van der Waals surface area contributed by atoms with Gasteiger partial charge in [0.1, 0.15) is 6.61 Å². The van der Waals surface area contributed by atoms with Crippen molar-refractivity contribution in [3.63, 3.8) is 0 Å². The summed E-state index contributed by atoms with van der Waals surface area (Å²) in [5, 5.41) is -1.78. The second-order valence-electron chi connectivity index (χ2n) is 1.48. The molecule has 66 valence electrons. The quantitative estimate of drug-likeness (QED) is 0.622. The summed E-state index contributed by atoms with van der Waals surface area (Å²) >= 11 is 0. The van der Waals surface area contributed by atoms with Gasteiger partial charge in [-0.3, -0.25) is 4.18 Å². The number of rotatable bonds is 4. The Morgan fingerprint density at radius 3 is 2.27 bits per heavy atom. The molecule has 0 aromatic heterocycles. The van der Waals surface area contributed by atoms with Crippen molar-refractivity contribution < 1.29 is 25.8 Å². The summed E-state index contributed by atoms with van der Waals surface area (Å²) in [4.78, 5) is 0. The highest BCUT2D eigenvalue weighted by atomic mass is 32.2. The van der Waals surface area contributed by atoms with Crippen LogP contribution in [0.5, 0.6) is 0 Å². The van der Waals surface area contributed by atoms with Crippen LogP contribution in [0.25, 0.3) is 0 Å². The fourth-order valence-electron chi connectivity index (χ4n) is 0.205. The Kier molecular flexibility index (Phi) is 3.53. The van der Waals surface area contributed by atoms with Crippen molar-refractivity contribution in [1.29, 1.82) is 0 Å². The van der Waals surface area contributed by atoms with E-state index in [1.807, 2.05) is 0 Å². The highest BCUT2D eigenvalue weighted by Gasteiger charge is 2.18. The second-order valence-corrected chi connectivity index (χ2v) is 3.07. The molecule has 0 saturated heterocycles. The molecule has 0 spiro atoms. The number of halogens is 3. The SMILES string of the molecule is C=C(F)S(=O)(=O)OCC(F)F. The minimum atomic E-state index is -4.63. The lowest BCUT2D eigenvalue weighted by molar-refractivity contribution is 0.0850. The Morgan fingerprint density at radius 2 is 2.00 bits per heavy atom. The van der Waals surface area contributed by atoms with E-state index in [0.29, 0.717) is 0 Å². The molecule has 0 fully saturated rings. The maximum atomic E-state index is 11.8. The molecule has 0 rings (SSSR count). The third-order valence-corrected chi connectivity index (χ3v) is 1.61. The molecule has 0 aliphatic rings. The number of hydrogen-bond donors (Lipinski definition) is 0. The van der Waals surface area contributed by atoms with E-state index in [1.54, 1.807) is 0 Å². The predicted molar refractivity (Wildman–Crippen MR) is 31.1 cm³/mol. The lowest BCUT2D eigenvalue weighted by Crippen LogP contribution is -2.11. The predicted octanol–water partition coefficient (Wildman–Crippen LogP) is 1.04. The van der Waals surface area contributed by atoms with Gasteiger partial charge in [-0.05, 0) is 6.58 Å². The zero-order chi connectivity index (χ0) is 9.07. The summed E-state index contributed by atoms with van der Waals surface area (Å²) in [6.07, 6.45) is -2.95. The van der Waals surface area contributed by atoms with Crippen molar-refractivity contribution in [2.75, 3.05) is 6.61 Å². The third-order valence-electron chi connectivity index (χ3n) is 0.620. The molecule has 3 nitrogen and oxygen atoms in total. The van der Waals surface area contributed by atoms with Gasteiger partial charge in [-0.15, -0.1) is 0 Å². The van der Waals surface area contributed by atoms with E-state index in [9.17, 15) is 21.6 Å². The van der Waals surface area contributed by atoms with E-state index < -0.39 is 28.3 Å². The molecule has 0 amide bonds. The van der Waals surface area contributed by atoms with Crippen LogP contribution in [0.1, 0.15) is 0 Å². The Labute approximate surface area is 61.6 Å². The molecule has 0 unspecified atom stereocenters. The molecule has 0 atom stereocenters. The fraction of sp³-hybridized carbons (Fsp3) is 0.500.